The average molecular weight is 386 g/mol. The Labute approximate surface area is 173 Å². The van der Waals surface area contributed by atoms with Gasteiger partial charge in [0.15, 0.2) is 0 Å². The fourth-order valence-electron chi connectivity index (χ4n) is 3.93. The molecule has 0 unspecified atom stereocenters. The predicted octanol–water partition coefficient (Wildman–Crippen LogP) is 6.31. The molecule has 1 aliphatic rings. The molecule has 0 amide bonds. The number of methoxy groups -OCH3 is 1. The summed E-state index contributed by atoms with van der Waals surface area (Å²) in [5, 5.41) is 0. The molecule has 3 nitrogen and oxygen atoms in total. The molecule has 3 aromatic carbocycles. The van der Waals surface area contributed by atoms with Gasteiger partial charge in [-0.15, -0.1) is 0 Å². The van der Waals surface area contributed by atoms with Crippen molar-refractivity contribution in [2.45, 2.75) is 32.0 Å². The maximum Gasteiger partial charge on any atom is 0.122 e. The number of anilines is 1. The Balaban J connectivity index is 1.84. The average Bonchev–Trinajstić information content (AvgIpc) is 3.13. The lowest BCUT2D eigenvalue weighted by atomic mass is 10.0. The topological polar surface area (TPSA) is 21.7 Å². The lowest BCUT2D eigenvalue weighted by Gasteiger charge is -2.34. The van der Waals surface area contributed by atoms with E-state index in [0.717, 1.165) is 11.5 Å². The van der Waals surface area contributed by atoms with Crippen molar-refractivity contribution in [2.75, 3.05) is 12.0 Å². The van der Waals surface area contributed by atoms with E-state index in [0.29, 0.717) is 0 Å². The maximum atomic E-state index is 6.33. The molecule has 0 aliphatic carbocycles. The summed E-state index contributed by atoms with van der Waals surface area (Å²) in [6.07, 6.45) is 2.37. The summed E-state index contributed by atoms with van der Waals surface area (Å²) >= 11 is 0. The highest BCUT2D eigenvalue weighted by Crippen LogP contribution is 2.47. The van der Waals surface area contributed by atoms with Gasteiger partial charge < -0.3 is 14.4 Å². The molecule has 29 heavy (non-hydrogen) atoms. The Morgan fingerprint density at radius 3 is 1.97 bits per heavy atom. The second kappa shape index (κ2) is 8.44. The zero-order valence-electron chi connectivity index (χ0n) is 17.2. The van der Waals surface area contributed by atoms with Gasteiger partial charge in [0, 0.05) is 5.69 Å². The highest BCUT2D eigenvalue weighted by molar-refractivity contribution is 5.58. The van der Waals surface area contributed by atoms with Crippen LogP contribution in [0.1, 0.15) is 37.1 Å². The summed E-state index contributed by atoms with van der Waals surface area (Å²) in [6.45, 7) is 4.16. The molecular weight excluding hydrogens is 358 g/mol. The SMILES string of the molecule is COc1ccc([C@H]2C(OC(C)C)=C[C@H](c3ccccc3)N2c2ccccc2)cc1. The van der Waals surface area contributed by atoms with Gasteiger partial charge >= 0.3 is 0 Å². The van der Waals surface area contributed by atoms with Crippen molar-refractivity contribution >= 4 is 5.69 Å². The molecule has 0 saturated heterocycles. The van der Waals surface area contributed by atoms with E-state index in [1.54, 1.807) is 7.11 Å². The van der Waals surface area contributed by atoms with Gasteiger partial charge in [0.25, 0.3) is 0 Å². The summed E-state index contributed by atoms with van der Waals surface area (Å²) in [7, 11) is 1.69. The lowest BCUT2D eigenvalue weighted by molar-refractivity contribution is 0.136. The third kappa shape index (κ3) is 4.00. The molecular formula is C26H27NO2. The second-order valence-electron chi connectivity index (χ2n) is 7.51. The number of hydrogen-bond acceptors (Lipinski definition) is 3. The van der Waals surface area contributed by atoms with Gasteiger partial charge in [-0.2, -0.15) is 0 Å². The predicted molar refractivity (Wildman–Crippen MR) is 118 cm³/mol. The molecule has 2 atom stereocenters. The van der Waals surface area contributed by atoms with E-state index in [1.165, 1.54) is 16.8 Å². The van der Waals surface area contributed by atoms with Crippen LogP contribution in [0, 0.1) is 0 Å². The molecule has 0 aromatic heterocycles. The quantitative estimate of drug-likeness (QED) is 0.496. The first-order valence-electron chi connectivity index (χ1n) is 10.1. The number of para-hydroxylation sites is 1. The second-order valence-corrected chi connectivity index (χ2v) is 7.51. The Morgan fingerprint density at radius 1 is 0.759 bits per heavy atom. The van der Waals surface area contributed by atoms with E-state index in [4.69, 9.17) is 9.47 Å². The van der Waals surface area contributed by atoms with E-state index in [-0.39, 0.29) is 18.2 Å². The first-order chi connectivity index (χ1) is 14.2. The van der Waals surface area contributed by atoms with Crippen LogP contribution < -0.4 is 9.64 Å². The number of hydrogen-bond donors (Lipinski definition) is 0. The van der Waals surface area contributed by atoms with Crippen LogP contribution in [0.2, 0.25) is 0 Å². The van der Waals surface area contributed by atoms with Crippen molar-refractivity contribution in [3.8, 4) is 5.75 Å². The summed E-state index contributed by atoms with van der Waals surface area (Å²) in [6, 6.07) is 29.5. The van der Waals surface area contributed by atoms with E-state index >= 15 is 0 Å². The molecule has 1 aliphatic heterocycles. The van der Waals surface area contributed by atoms with Crippen LogP contribution in [0.25, 0.3) is 0 Å². The van der Waals surface area contributed by atoms with Crippen molar-refractivity contribution in [2.24, 2.45) is 0 Å². The molecule has 1 heterocycles. The summed E-state index contributed by atoms with van der Waals surface area (Å²) in [4.78, 5) is 2.44. The molecule has 3 heteroatoms. The van der Waals surface area contributed by atoms with Gasteiger partial charge in [-0.05, 0) is 55.3 Å². The normalized spacial score (nSPS) is 18.6. The van der Waals surface area contributed by atoms with Gasteiger partial charge in [-0.25, -0.2) is 0 Å². The molecule has 148 valence electrons. The van der Waals surface area contributed by atoms with Crippen LogP contribution in [0.3, 0.4) is 0 Å². The van der Waals surface area contributed by atoms with Crippen LogP contribution in [-0.4, -0.2) is 13.2 Å². The van der Waals surface area contributed by atoms with Crippen molar-refractivity contribution in [3.63, 3.8) is 0 Å². The molecule has 4 rings (SSSR count). The summed E-state index contributed by atoms with van der Waals surface area (Å²) < 4.78 is 11.7. The van der Waals surface area contributed by atoms with Gasteiger partial charge in [-0.1, -0.05) is 60.7 Å². The zero-order valence-corrected chi connectivity index (χ0v) is 17.2. The van der Waals surface area contributed by atoms with Crippen LogP contribution in [0.15, 0.2) is 96.8 Å². The molecule has 3 aromatic rings. The summed E-state index contributed by atoms with van der Waals surface area (Å²) in [5.41, 5.74) is 3.60. The first kappa shape index (κ1) is 19.1. The summed E-state index contributed by atoms with van der Waals surface area (Å²) in [5.74, 6) is 1.84. The fraction of sp³-hybridized carbons (Fsp3) is 0.231. The van der Waals surface area contributed by atoms with Crippen LogP contribution in [-0.2, 0) is 4.74 Å². The van der Waals surface area contributed by atoms with Crippen molar-refractivity contribution in [3.05, 3.63) is 108 Å². The third-order valence-corrected chi connectivity index (χ3v) is 5.17. The molecule has 0 spiro atoms. The van der Waals surface area contributed by atoms with Gasteiger partial charge in [0.1, 0.15) is 17.6 Å². The number of nitrogens with zero attached hydrogens (tertiary/aromatic N) is 1. The monoisotopic (exact) mass is 385 g/mol. The van der Waals surface area contributed by atoms with E-state index in [9.17, 15) is 0 Å². The van der Waals surface area contributed by atoms with E-state index in [1.807, 2.05) is 12.1 Å². The Bertz CT molecular complexity index is 949. The zero-order chi connectivity index (χ0) is 20.2. The molecule has 0 fully saturated rings. The van der Waals surface area contributed by atoms with Crippen LogP contribution >= 0.6 is 0 Å². The van der Waals surface area contributed by atoms with Gasteiger partial charge in [0.2, 0.25) is 0 Å². The van der Waals surface area contributed by atoms with Gasteiger partial charge in [-0.3, -0.25) is 0 Å². The van der Waals surface area contributed by atoms with Crippen molar-refractivity contribution < 1.29 is 9.47 Å². The van der Waals surface area contributed by atoms with Crippen molar-refractivity contribution in [1.29, 1.82) is 0 Å². The minimum atomic E-state index is -0.00378. The third-order valence-electron chi connectivity index (χ3n) is 5.17. The number of rotatable bonds is 6. The minimum Gasteiger partial charge on any atom is -0.497 e. The Hall–Kier alpha value is -3.20. The molecule has 0 radical (unpaired) electrons. The van der Waals surface area contributed by atoms with Crippen LogP contribution in [0.5, 0.6) is 5.75 Å². The first-order valence-corrected chi connectivity index (χ1v) is 10.1. The fourth-order valence-corrected chi connectivity index (χ4v) is 3.93. The Morgan fingerprint density at radius 2 is 1.38 bits per heavy atom. The van der Waals surface area contributed by atoms with E-state index in [2.05, 4.69) is 97.6 Å². The molecule has 0 N–H and O–H groups in total. The lowest BCUT2D eigenvalue weighted by Crippen LogP contribution is -2.28. The Kier molecular flexibility index (Phi) is 5.57. The number of ether oxygens (including phenoxy) is 2. The van der Waals surface area contributed by atoms with Crippen molar-refractivity contribution in [1.82, 2.24) is 0 Å². The number of benzene rings is 3. The smallest absolute Gasteiger partial charge is 0.122 e. The highest BCUT2D eigenvalue weighted by Gasteiger charge is 2.38. The van der Waals surface area contributed by atoms with Gasteiger partial charge in [0.05, 0.1) is 19.3 Å². The minimum absolute atomic E-state index is 0.00378. The van der Waals surface area contributed by atoms with E-state index < -0.39 is 0 Å². The molecule has 0 bridgehead atoms. The molecule has 0 saturated carbocycles. The maximum absolute atomic E-state index is 6.33. The highest BCUT2D eigenvalue weighted by atomic mass is 16.5. The largest absolute Gasteiger partial charge is 0.497 e. The van der Waals surface area contributed by atoms with Crippen LogP contribution in [0.4, 0.5) is 5.69 Å². The standard InChI is InChI=1S/C26H27NO2/c1-19(2)29-25-18-24(20-10-6-4-7-11-20)27(22-12-8-5-9-13-22)26(25)21-14-16-23(28-3)17-15-21/h4-19,24,26H,1-3H3/t24-,26+/m1/s1.